The van der Waals surface area contributed by atoms with Crippen LogP contribution in [0.5, 0.6) is 0 Å². The van der Waals surface area contributed by atoms with Gasteiger partial charge in [-0.2, -0.15) is 0 Å². The Hall–Kier alpha value is -0.780. The van der Waals surface area contributed by atoms with E-state index in [0.29, 0.717) is 17.5 Å². The van der Waals surface area contributed by atoms with Crippen molar-refractivity contribution in [3.05, 3.63) is 23.2 Å². The third-order valence-corrected chi connectivity index (χ3v) is 6.15. The van der Waals surface area contributed by atoms with Crippen molar-refractivity contribution in [1.82, 2.24) is 4.72 Å². The van der Waals surface area contributed by atoms with Gasteiger partial charge >= 0.3 is 0 Å². The highest BCUT2D eigenvalue weighted by atomic mass is 35.5. The van der Waals surface area contributed by atoms with Crippen molar-refractivity contribution in [2.75, 3.05) is 12.3 Å². The summed E-state index contributed by atoms with van der Waals surface area (Å²) in [5.74, 6) is 1.25. The summed E-state index contributed by atoms with van der Waals surface area (Å²) in [5.41, 5.74) is 5.94. The third-order valence-electron chi connectivity index (χ3n) is 4.38. The lowest BCUT2D eigenvalue weighted by Crippen LogP contribution is -2.31. The van der Waals surface area contributed by atoms with Crippen molar-refractivity contribution in [1.29, 1.82) is 0 Å². The highest BCUT2D eigenvalue weighted by molar-refractivity contribution is 7.89. The highest BCUT2D eigenvalue weighted by Crippen LogP contribution is 2.30. The van der Waals surface area contributed by atoms with E-state index in [1.54, 1.807) is 0 Å². The molecule has 0 radical (unpaired) electrons. The summed E-state index contributed by atoms with van der Waals surface area (Å²) >= 11 is 5.82. The molecule has 0 aliphatic heterocycles. The lowest BCUT2D eigenvalue weighted by atomic mass is 9.81. The molecule has 1 fully saturated rings. The Bertz CT molecular complexity index is 581. The second-order valence-corrected chi connectivity index (χ2v) is 8.00. The Morgan fingerprint density at radius 2 is 1.86 bits per heavy atom. The second-order valence-electron chi connectivity index (χ2n) is 5.83. The minimum absolute atomic E-state index is 0.173. The standard InChI is InChI=1S/C15H23ClN2O2S/c1-2-11-3-5-12(6-4-11)10-18-21(19,20)13-7-8-14(16)15(17)9-13/h7-9,11-12,18H,2-6,10,17H2,1H3. The van der Waals surface area contributed by atoms with Gasteiger partial charge < -0.3 is 5.73 Å². The van der Waals surface area contributed by atoms with Gasteiger partial charge in [-0.25, -0.2) is 13.1 Å². The summed E-state index contributed by atoms with van der Waals surface area (Å²) in [5, 5.41) is 0.367. The van der Waals surface area contributed by atoms with Crippen molar-refractivity contribution in [2.24, 2.45) is 11.8 Å². The molecular formula is C15H23ClN2O2S. The summed E-state index contributed by atoms with van der Waals surface area (Å²) in [6.07, 6.45) is 5.84. The number of nitrogens with two attached hydrogens (primary N) is 1. The van der Waals surface area contributed by atoms with E-state index in [1.807, 2.05) is 0 Å². The molecule has 0 heterocycles. The number of anilines is 1. The predicted octanol–water partition coefficient (Wildman–Crippen LogP) is 3.42. The molecule has 0 aromatic heterocycles. The molecule has 1 aliphatic carbocycles. The number of benzene rings is 1. The van der Waals surface area contributed by atoms with E-state index in [4.69, 9.17) is 17.3 Å². The van der Waals surface area contributed by atoms with Gasteiger partial charge in [0, 0.05) is 6.54 Å². The molecule has 0 unspecified atom stereocenters. The van der Waals surface area contributed by atoms with Crippen molar-refractivity contribution in [3.8, 4) is 0 Å². The summed E-state index contributed by atoms with van der Waals surface area (Å²) in [6.45, 7) is 2.72. The Morgan fingerprint density at radius 3 is 2.43 bits per heavy atom. The molecule has 0 bridgehead atoms. The van der Waals surface area contributed by atoms with E-state index in [0.717, 1.165) is 18.8 Å². The fourth-order valence-electron chi connectivity index (χ4n) is 2.84. The maximum atomic E-state index is 12.2. The molecule has 118 valence electrons. The van der Waals surface area contributed by atoms with Gasteiger partial charge in [-0.05, 0) is 42.9 Å². The number of nitrogens with one attached hydrogen (secondary N) is 1. The summed E-state index contributed by atoms with van der Waals surface area (Å²) < 4.78 is 27.2. The minimum Gasteiger partial charge on any atom is -0.397 e. The van der Waals surface area contributed by atoms with Crippen LogP contribution in [-0.4, -0.2) is 15.0 Å². The van der Waals surface area contributed by atoms with Gasteiger partial charge in [0.2, 0.25) is 10.0 Å². The third kappa shape index (κ3) is 4.34. The van der Waals surface area contributed by atoms with Crippen LogP contribution in [0.15, 0.2) is 23.1 Å². The van der Waals surface area contributed by atoms with Gasteiger partial charge in [0.05, 0.1) is 15.6 Å². The van der Waals surface area contributed by atoms with Crippen molar-refractivity contribution in [3.63, 3.8) is 0 Å². The first-order valence-corrected chi connectivity index (χ1v) is 9.33. The van der Waals surface area contributed by atoms with Crippen molar-refractivity contribution < 1.29 is 8.42 Å². The topological polar surface area (TPSA) is 72.2 Å². The number of rotatable bonds is 5. The molecule has 1 saturated carbocycles. The second kappa shape index (κ2) is 6.99. The molecule has 0 spiro atoms. The first-order chi connectivity index (χ1) is 9.92. The zero-order chi connectivity index (χ0) is 15.5. The first-order valence-electron chi connectivity index (χ1n) is 7.47. The Kier molecular flexibility index (Phi) is 5.52. The molecule has 3 N–H and O–H groups in total. The van der Waals surface area contributed by atoms with E-state index < -0.39 is 10.0 Å². The number of hydrogen-bond acceptors (Lipinski definition) is 3. The van der Waals surface area contributed by atoms with E-state index in [9.17, 15) is 8.42 Å². The lowest BCUT2D eigenvalue weighted by Gasteiger charge is -2.27. The number of sulfonamides is 1. The van der Waals surface area contributed by atoms with Crippen LogP contribution in [0.3, 0.4) is 0 Å². The smallest absolute Gasteiger partial charge is 0.240 e. The van der Waals surface area contributed by atoms with Gasteiger partial charge in [0.1, 0.15) is 0 Å². The molecule has 1 aromatic rings. The quantitative estimate of drug-likeness (QED) is 0.812. The molecular weight excluding hydrogens is 308 g/mol. The van der Waals surface area contributed by atoms with E-state index in [2.05, 4.69) is 11.6 Å². The number of halogens is 1. The first kappa shape index (κ1) is 16.6. The van der Waals surface area contributed by atoms with Crippen LogP contribution in [0.4, 0.5) is 5.69 Å². The van der Waals surface area contributed by atoms with Crippen LogP contribution in [0.1, 0.15) is 39.0 Å². The van der Waals surface area contributed by atoms with Gasteiger partial charge in [0.15, 0.2) is 0 Å². The number of hydrogen-bond donors (Lipinski definition) is 2. The summed E-state index contributed by atoms with van der Waals surface area (Å²) in [6, 6.07) is 4.39. The maximum absolute atomic E-state index is 12.2. The molecule has 0 saturated heterocycles. The Balaban J connectivity index is 1.94. The van der Waals surface area contributed by atoms with Crippen LogP contribution in [0, 0.1) is 11.8 Å². The number of nitrogen functional groups attached to an aromatic ring is 1. The highest BCUT2D eigenvalue weighted by Gasteiger charge is 2.22. The Labute approximate surface area is 132 Å². The molecule has 4 nitrogen and oxygen atoms in total. The zero-order valence-electron chi connectivity index (χ0n) is 12.3. The normalized spacial score (nSPS) is 23.1. The molecule has 0 atom stereocenters. The lowest BCUT2D eigenvalue weighted by molar-refractivity contribution is 0.270. The van der Waals surface area contributed by atoms with Gasteiger partial charge in [-0.1, -0.05) is 37.8 Å². The van der Waals surface area contributed by atoms with Crippen LogP contribution < -0.4 is 10.5 Å². The van der Waals surface area contributed by atoms with Crippen molar-refractivity contribution >= 4 is 27.3 Å². The van der Waals surface area contributed by atoms with Crippen LogP contribution in [-0.2, 0) is 10.0 Å². The molecule has 21 heavy (non-hydrogen) atoms. The summed E-state index contributed by atoms with van der Waals surface area (Å²) in [4.78, 5) is 0.173. The van der Waals surface area contributed by atoms with E-state index in [1.165, 1.54) is 37.5 Å². The minimum atomic E-state index is -3.51. The molecule has 6 heteroatoms. The summed E-state index contributed by atoms with van der Waals surface area (Å²) in [7, 11) is -3.51. The largest absolute Gasteiger partial charge is 0.397 e. The Morgan fingerprint density at radius 1 is 1.24 bits per heavy atom. The molecule has 1 aliphatic rings. The van der Waals surface area contributed by atoms with Crippen molar-refractivity contribution in [2.45, 2.75) is 43.9 Å². The maximum Gasteiger partial charge on any atom is 0.240 e. The fraction of sp³-hybridized carbons (Fsp3) is 0.600. The van der Waals surface area contributed by atoms with Crippen LogP contribution in [0.2, 0.25) is 5.02 Å². The predicted molar refractivity (Wildman–Crippen MR) is 86.8 cm³/mol. The van der Waals surface area contributed by atoms with Gasteiger partial charge in [-0.3, -0.25) is 0 Å². The van der Waals surface area contributed by atoms with Gasteiger partial charge in [0.25, 0.3) is 0 Å². The average molecular weight is 331 g/mol. The zero-order valence-corrected chi connectivity index (χ0v) is 13.9. The fourth-order valence-corrected chi connectivity index (χ4v) is 4.11. The van der Waals surface area contributed by atoms with Crippen LogP contribution in [0.25, 0.3) is 0 Å². The molecule has 2 rings (SSSR count). The average Bonchev–Trinajstić information content (AvgIpc) is 2.48. The van der Waals surface area contributed by atoms with E-state index >= 15 is 0 Å². The van der Waals surface area contributed by atoms with Crippen LogP contribution >= 0.6 is 11.6 Å². The molecule has 0 amide bonds. The molecule has 1 aromatic carbocycles. The van der Waals surface area contributed by atoms with Gasteiger partial charge in [-0.15, -0.1) is 0 Å². The monoisotopic (exact) mass is 330 g/mol. The SMILES string of the molecule is CCC1CCC(CNS(=O)(=O)c2ccc(Cl)c(N)c2)CC1. The van der Waals surface area contributed by atoms with E-state index in [-0.39, 0.29) is 10.6 Å².